The quantitative estimate of drug-likeness (QED) is 0.650. The number of rotatable bonds is 4. The van der Waals surface area contributed by atoms with E-state index in [9.17, 15) is 10.1 Å². The van der Waals surface area contributed by atoms with Crippen LogP contribution in [0.25, 0.3) is 0 Å². The highest BCUT2D eigenvalue weighted by atomic mass is 35.5. The van der Waals surface area contributed by atoms with Crippen molar-refractivity contribution in [3.63, 3.8) is 0 Å². The molecule has 2 aromatic rings. The number of nitro benzene ring substituents is 1. The van der Waals surface area contributed by atoms with E-state index < -0.39 is 4.92 Å². The summed E-state index contributed by atoms with van der Waals surface area (Å²) in [5.74, 6) is 0. The monoisotopic (exact) mass is 310 g/mol. The summed E-state index contributed by atoms with van der Waals surface area (Å²) in [5, 5.41) is 14.3. The molecular formula is C14H12Cl2N2O2. The van der Waals surface area contributed by atoms with E-state index in [4.69, 9.17) is 23.2 Å². The molecule has 4 nitrogen and oxygen atoms in total. The van der Waals surface area contributed by atoms with E-state index in [1.54, 1.807) is 0 Å². The van der Waals surface area contributed by atoms with Crippen LogP contribution in [0.4, 0.5) is 11.4 Å². The number of benzene rings is 2. The number of hydrogen-bond acceptors (Lipinski definition) is 3. The van der Waals surface area contributed by atoms with E-state index >= 15 is 0 Å². The van der Waals surface area contributed by atoms with Crippen molar-refractivity contribution < 1.29 is 4.92 Å². The van der Waals surface area contributed by atoms with Gasteiger partial charge in [0.2, 0.25) is 0 Å². The van der Waals surface area contributed by atoms with Crippen molar-refractivity contribution in [3.8, 4) is 0 Å². The summed E-state index contributed by atoms with van der Waals surface area (Å²) in [6.45, 7) is 2.55. The summed E-state index contributed by atoms with van der Waals surface area (Å²) in [7, 11) is 0. The van der Waals surface area contributed by atoms with Gasteiger partial charge in [-0.05, 0) is 12.5 Å². The van der Waals surface area contributed by atoms with Crippen LogP contribution in [0.15, 0.2) is 36.4 Å². The van der Waals surface area contributed by atoms with E-state index in [1.165, 1.54) is 12.1 Å². The number of nitro groups is 1. The van der Waals surface area contributed by atoms with Crippen LogP contribution >= 0.6 is 23.2 Å². The van der Waals surface area contributed by atoms with Gasteiger partial charge in [0.1, 0.15) is 0 Å². The lowest BCUT2D eigenvalue weighted by Gasteiger charge is -2.11. The Morgan fingerprint density at radius 2 is 1.85 bits per heavy atom. The number of non-ortho nitro benzene ring substituents is 1. The normalized spacial score (nSPS) is 10.3. The van der Waals surface area contributed by atoms with Crippen molar-refractivity contribution in [2.75, 3.05) is 5.32 Å². The first-order chi connectivity index (χ1) is 9.47. The van der Waals surface area contributed by atoms with Crippen LogP contribution in [0.3, 0.4) is 0 Å². The van der Waals surface area contributed by atoms with Gasteiger partial charge in [0, 0.05) is 18.7 Å². The molecule has 0 amide bonds. The third-order valence-corrected chi connectivity index (χ3v) is 3.39. The highest BCUT2D eigenvalue weighted by molar-refractivity contribution is 6.39. The minimum Gasteiger partial charge on any atom is -0.379 e. The second-order valence-electron chi connectivity index (χ2n) is 4.38. The zero-order chi connectivity index (χ0) is 14.7. The molecule has 0 aromatic heterocycles. The lowest BCUT2D eigenvalue weighted by molar-refractivity contribution is -0.384. The van der Waals surface area contributed by atoms with Crippen LogP contribution in [-0.2, 0) is 6.54 Å². The molecule has 0 saturated heterocycles. The fraction of sp³-hybridized carbons (Fsp3) is 0.143. The van der Waals surface area contributed by atoms with E-state index in [1.807, 2.05) is 31.2 Å². The molecule has 0 atom stereocenters. The lowest BCUT2D eigenvalue weighted by atomic mass is 10.1. The SMILES string of the molecule is Cc1cccc(CNc2c(Cl)cc([N+](=O)[O-])cc2Cl)c1. The van der Waals surface area contributed by atoms with Crippen LogP contribution < -0.4 is 5.32 Å². The fourth-order valence-corrected chi connectivity index (χ4v) is 2.46. The number of anilines is 1. The maximum atomic E-state index is 10.7. The Balaban J connectivity index is 2.20. The maximum absolute atomic E-state index is 10.7. The Kier molecular flexibility index (Phi) is 4.47. The molecule has 2 rings (SSSR count). The first kappa shape index (κ1) is 14.6. The van der Waals surface area contributed by atoms with Crippen molar-refractivity contribution in [3.05, 3.63) is 67.7 Å². The summed E-state index contributed by atoms with van der Waals surface area (Å²) in [6, 6.07) is 10.6. The molecule has 0 spiro atoms. The van der Waals surface area contributed by atoms with Crippen LogP contribution in [0.1, 0.15) is 11.1 Å². The molecule has 0 aliphatic carbocycles. The van der Waals surface area contributed by atoms with Gasteiger partial charge >= 0.3 is 0 Å². The molecule has 20 heavy (non-hydrogen) atoms. The van der Waals surface area contributed by atoms with Gasteiger partial charge in [0.05, 0.1) is 20.7 Å². The molecule has 1 N–H and O–H groups in total. The van der Waals surface area contributed by atoms with Gasteiger partial charge in [-0.3, -0.25) is 10.1 Å². The third-order valence-electron chi connectivity index (χ3n) is 2.79. The zero-order valence-corrected chi connectivity index (χ0v) is 12.2. The Hall–Kier alpha value is -1.78. The molecule has 104 valence electrons. The van der Waals surface area contributed by atoms with Gasteiger partial charge in [-0.25, -0.2) is 0 Å². The van der Waals surface area contributed by atoms with Crippen LogP contribution in [0.5, 0.6) is 0 Å². The van der Waals surface area contributed by atoms with Gasteiger partial charge in [-0.2, -0.15) is 0 Å². The van der Waals surface area contributed by atoms with Crippen molar-refractivity contribution in [2.24, 2.45) is 0 Å². The van der Waals surface area contributed by atoms with Gasteiger partial charge in [-0.1, -0.05) is 53.0 Å². The number of halogens is 2. The summed E-state index contributed by atoms with van der Waals surface area (Å²) in [4.78, 5) is 10.2. The summed E-state index contributed by atoms with van der Waals surface area (Å²) < 4.78 is 0. The second kappa shape index (κ2) is 6.11. The number of hydrogen-bond donors (Lipinski definition) is 1. The average Bonchev–Trinajstić information content (AvgIpc) is 2.37. The Bertz CT molecular complexity index is 636. The van der Waals surface area contributed by atoms with Gasteiger partial charge in [0.15, 0.2) is 0 Å². The highest BCUT2D eigenvalue weighted by Gasteiger charge is 2.14. The number of nitrogens with zero attached hydrogens (tertiary/aromatic N) is 1. The number of nitrogens with one attached hydrogen (secondary N) is 1. The molecule has 0 saturated carbocycles. The Labute approximate surface area is 126 Å². The molecular weight excluding hydrogens is 299 g/mol. The predicted octanol–water partition coefficient (Wildman–Crippen LogP) is 4.82. The molecule has 6 heteroatoms. The summed E-state index contributed by atoms with van der Waals surface area (Å²) >= 11 is 12.0. The van der Waals surface area contributed by atoms with Gasteiger partial charge < -0.3 is 5.32 Å². The summed E-state index contributed by atoms with van der Waals surface area (Å²) in [6.07, 6.45) is 0. The average molecular weight is 311 g/mol. The van der Waals surface area contributed by atoms with Crippen molar-refractivity contribution in [1.29, 1.82) is 0 Å². The highest BCUT2D eigenvalue weighted by Crippen LogP contribution is 2.34. The smallest absolute Gasteiger partial charge is 0.272 e. The van der Waals surface area contributed by atoms with Crippen molar-refractivity contribution in [2.45, 2.75) is 13.5 Å². The van der Waals surface area contributed by atoms with Crippen molar-refractivity contribution >= 4 is 34.6 Å². The molecule has 0 aliphatic rings. The minimum absolute atomic E-state index is 0.124. The van der Waals surface area contributed by atoms with Crippen LogP contribution in [0.2, 0.25) is 10.0 Å². The first-order valence-corrected chi connectivity index (χ1v) is 6.66. The van der Waals surface area contributed by atoms with Gasteiger partial charge in [-0.15, -0.1) is 0 Å². The summed E-state index contributed by atoms with van der Waals surface area (Å²) in [5.41, 5.74) is 2.61. The Morgan fingerprint density at radius 1 is 1.20 bits per heavy atom. The van der Waals surface area contributed by atoms with Crippen molar-refractivity contribution in [1.82, 2.24) is 0 Å². The number of aryl methyl sites for hydroxylation is 1. The topological polar surface area (TPSA) is 55.2 Å². The molecule has 0 fully saturated rings. The standard InChI is InChI=1S/C14H12Cl2N2O2/c1-9-3-2-4-10(5-9)8-17-14-12(15)6-11(18(19)20)7-13(14)16/h2-7,17H,8H2,1H3. The molecule has 0 heterocycles. The predicted molar refractivity (Wildman–Crippen MR) is 81.6 cm³/mol. The second-order valence-corrected chi connectivity index (χ2v) is 5.20. The van der Waals surface area contributed by atoms with E-state index in [0.29, 0.717) is 12.2 Å². The largest absolute Gasteiger partial charge is 0.379 e. The van der Waals surface area contributed by atoms with E-state index in [0.717, 1.165) is 11.1 Å². The molecule has 0 bridgehead atoms. The minimum atomic E-state index is -0.526. The molecule has 0 unspecified atom stereocenters. The molecule has 0 radical (unpaired) electrons. The lowest BCUT2D eigenvalue weighted by Crippen LogP contribution is -2.01. The fourth-order valence-electron chi connectivity index (χ4n) is 1.85. The third kappa shape index (κ3) is 3.40. The van der Waals surface area contributed by atoms with E-state index in [-0.39, 0.29) is 15.7 Å². The van der Waals surface area contributed by atoms with Gasteiger partial charge in [0.25, 0.3) is 5.69 Å². The zero-order valence-electron chi connectivity index (χ0n) is 10.7. The maximum Gasteiger partial charge on any atom is 0.272 e. The first-order valence-electron chi connectivity index (χ1n) is 5.90. The van der Waals surface area contributed by atoms with E-state index in [2.05, 4.69) is 5.32 Å². The van der Waals surface area contributed by atoms with Crippen LogP contribution in [0, 0.1) is 17.0 Å². The molecule has 2 aromatic carbocycles. The molecule has 0 aliphatic heterocycles. The van der Waals surface area contributed by atoms with Crippen LogP contribution in [-0.4, -0.2) is 4.92 Å². The Morgan fingerprint density at radius 3 is 2.40 bits per heavy atom.